The van der Waals surface area contributed by atoms with Crippen molar-refractivity contribution in [3.63, 3.8) is 0 Å². The lowest BCUT2D eigenvalue weighted by atomic mass is 9.97. The maximum atomic E-state index is 13.9. The zero-order valence-corrected chi connectivity index (χ0v) is 11.5. The molecule has 1 unspecified atom stereocenters. The van der Waals surface area contributed by atoms with Crippen molar-refractivity contribution in [2.24, 2.45) is 0 Å². The SMILES string of the molecule is CCCNC(c1cc(F)cc(F)c1)c1ccc(F)cc1F. The first kappa shape index (κ1) is 15.5. The number of benzene rings is 2. The highest BCUT2D eigenvalue weighted by atomic mass is 19.1. The summed E-state index contributed by atoms with van der Waals surface area (Å²) in [6.07, 6.45) is 0.761. The molecule has 1 atom stereocenters. The third kappa shape index (κ3) is 3.82. The van der Waals surface area contributed by atoms with Crippen LogP contribution in [0.1, 0.15) is 30.5 Å². The third-order valence-electron chi connectivity index (χ3n) is 3.09. The van der Waals surface area contributed by atoms with Crippen molar-refractivity contribution in [1.29, 1.82) is 0 Å². The highest BCUT2D eigenvalue weighted by molar-refractivity contribution is 5.33. The molecule has 0 aliphatic carbocycles. The van der Waals surface area contributed by atoms with Gasteiger partial charge in [-0.25, -0.2) is 17.6 Å². The molecule has 0 saturated heterocycles. The highest BCUT2D eigenvalue weighted by Gasteiger charge is 2.19. The largest absolute Gasteiger partial charge is 0.306 e. The van der Waals surface area contributed by atoms with Gasteiger partial charge in [-0.3, -0.25) is 0 Å². The molecule has 2 rings (SSSR count). The number of hydrogen-bond donors (Lipinski definition) is 1. The second kappa shape index (κ2) is 6.72. The second-order valence-corrected chi connectivity index (χ2v) is 4.76. The van der Waals surface area contributed by atoms with Crippen molar-refractivity contribution in [1.82, 2.24) is 5.32 Å². The molecule has 0 aromatic heterocycles. The van der Waals surface area contributed by atoms with E-state index >= 15 is 0 Å². The Morgan fingerprint density at radius 1 is 0.905 bits per heavy atom. The molecule has 5 heteroatoms. The maximum Gasteiger partial charge on any atom is 0.131 e. The van der Waals surface area contributed by atoms with Crippen LogP contribution in [0.15, 0.2) is 36.4 Å². The predicted octanol–water partition coefficient (Wildman–Crippen LogP) is 4.33. The van der Waals surface area contributed by atoms with E-state index < -0.39 is 29.3 Å². The number of rotatable bonds is 5. The number of halogens is 4. The van der Waals surface area contributed by atoms with Crippen molar-refractivity contribution in [2.75, 3.05) is 6.54 Å². The molecule has 1 nitrogen and oxygen atoms in total. The van der Waals surface area contributed by atoms with Gasteiger partial charge in [0.15, 0.2) is 0 Å². The van der Waals surface area contributed by atoms with Crippen molar-refractivity contribution < 1.29 is 17.6 Å². The van der Waals surface area contributed by atoms with Crippen molar-refractivity contribution in [3.05, 3.63) is 70.8 Å². The highest BCUT2D eigenvalue weighted by Crippen LogP contribution is 2.26. The van der Waals surface area contributed by atoms with Gasteiger partial charge in [0.2, 0.25) is 0 Å². The summed E-state index contributed by atoms with van der Waals surface area (Å²) >= 11 is 0. The predicted molar refractivity (Wildman–Crippen MR) is 72.9 cm³/mol. The molecule has 0 heterocycles. The fraction of sp³-hybridized carbons (Fsp3) is 0.250. The molecule has 0 aliphatic rings. The molecule has 0 spiro atoms. The lowest BCUT2D eigenvalue weighted by Gasteiger charge is -2.20. The zero-order valence-electron chi connectivity index (χ0n) is 11.5. The van der Waals surface area contributed by atoms with Crippen LogP contribution in [0.3, 0.4) is 0 Å². The van der Waals surface area contributed by atoms with Crippen LogP contribution < -0.4 is 5.32 Å². The Balaban J connectivity index is 2.46. The monoisotopic (exact) mass is 297 g/mol. The average Bonchev–Trinajstić information content (AvgIpc) is 2.40. The van der Waals surface area contributed by atoms with E-state index in [0.29, 0.717) is 6.54 Å². The molecule has 0 fully saturated rings. The molecule has 21 heavy (non-hydrogen) atoms. The van der Waals surface area contributed by atoms with E-state index in [0.717, 1.165) is 36.8 Å². The minimum atomic E-state index is -0.756. The van der Waals surface area contributed by atoms with Gasteiger partial charge in [0.05, 0.1) is 6.04 Å². The Kier molecular flexibility index (Phi) is 4.96. The summed E-state index contributed by atoms with van der Waals surface area (Å²) in [6.45, 7) is 2.44. The summed E-state index contributed by atoms with van der Waals surface area (Å²) in [5.74, 6) is -2.93. The quantitative estimate of drug-likeness (QED) is 0.810. The van der Waals surface area contributed by atoms with Crippen LogP contribution in [-0.2, 0) is 0 Å². The van der Waals surface area contributed by atoms with Crippen molar-refractivity contribution in [2.45, 2.75) is 19.4 Å². The summed E-state index contributed by atoms with van der Waals surface area (Å²) in [7, 11) is 0. The van der Waals surface area contributed by atoms with Crippen LogP contribution in [-0.4, -0.2) is 6.54 Å². The molecule has 0 radical (unpaired) electrons. The van der Waals surface area contributed by atoms with E-state index in [1.807, 2.05) is 6.92 Å². The number of hydrogen-bond acceptors (Lipinski definition) is 1. The first-order chi connectivity index (χ1) is 10.0. The molecule has 0 bridgehead atoms. The van der Waals surface area contributed by atoms with Gasteiger partial charge in [0.1, 0.15) is 23.3 Å². The van der Waals surface area contributed by atoms with Gasteiger partial charge in [-0.05, 0) is 36.7 Å². The minimum Gasteiger partial charge on any atom is -0.306 e. The molecule has 0 saturated carbocycles. The Morgan fingerprint density at radius 2 is 1.57 bits per heavy atom. The van der Waals surface area contributed by atoms with Gasteiger partial charge in [-0.1, -0.05) is 13.0 Å². The third-order valence-corrected chi connectivity index (χ3v) is 3.09. The van der Waals surface area contributed by atoms with E-state index in [1.54, 1.807) is 0 Å². The lowest BCUT2D eigenvalue weighted by molar-refractivity contribution is 0.524. The van der Waals surface area contributed by atoms with E-state index in [4.69, 9.17) is 0 Å². The summed E-state index contributed by atoms with van der Waals surface area (Å²) in [5.41, 5.74) is 0.404. The molecule has 2 aromatic rings. The molecular weight excluding hydrogens is 282 g/mol. The van der Waals surface area contributed by atoms with E-state index in [1.165, 1.54) is 6.07 Å². The number of nitrogens with one attached hydrogen (secondary N) is 1. The van der Waals surface area contributed by atoms with Gasteiger partial charge >= 0.3 is 0 Å². The van der Waals surface area contributed by atoms with E-state index in [2.05, 4.69) is 5.32 Å². The van der Waals surface area contributed by atoms with Crippen LogP contribution in [0, 0.1) is 23.3 Å². The molecular formula is C16H15F4N. The average molecular weight is 297 g/mol. The smallest absolute Gasteiger partial charge is 0.131 e. The first-order valence-corrected chi connectivity index (χ1v) is 6.65. The van der Waals surface area contributed by atoms with Crippen molar-refractivity contribution >= 4 is 0 Å². The molecule has 1 N–H and O–H groups in total. The van der Waals surface area contributed by atoms with E-state index in [-0.39, 0.29) is 11.1 Å². The Hall–Kier alpha value is -1.88. The van der Waals surface area contributed by atoms with E-state index in [9.17, 15) is 17.6 Å². The summed E-state index contributed by atoms with van der Waals surface area (Å²) in [5, 5.41) is 3.02. The summed E-state index contributed by atoms with van der Waals surface area (Å²) < 4.78 is 53.7. The second-order valence-electron chi connectivity index (χ2n) is 4.76. The normalized spacial score (nSPS) is 12.4. The van der Waals surface area contributed by atoms with Crippen LogP contribution in [0.4, 0.5) is 17.6 Å². The fourth-order valence-corrected chi connectivity index (χ4v) is 2.17. The molecule has 0 aliphatic heterocycles. The molecule has 112 valence electrons. The molecule has 0 amide bonds. The van der Waals surface area contributed by atoms with Crippen LogP contribution in [0.2, 0.25) is 0 Å². The van der Waals surface area contributed by atoms with Gasteiger partial charge in [0, 0.05) is 17.7 Å². The zero-order chi connectivity index (χ0) is 15.4. The van der Waals surface area contributed by atoms with Gasteiger partial charge in [0.25, 0.3) is 0 Å². The van der Waals surface area contributed by atoms with Crippen LogP contribution in [0.5, 0.6) is 0 Å². The van der Waals surface area contributed by atoms with Crippen LogP contribution >= 0.6 is 0 Å². The van der Waals surface area contributed by atoms with Gasteiger partial charge in [-0.15, -0.1) is 0 Å². The first-order valence-electron chi connectivity index (χ1n) is 6.65. The minimum absolute atomic E-state index is 0.148. The Bertz CT molecular complexity index is 607. The topological polar surface area (TPSA) is 12.0 Å². The van der Waals surface area contributed by atoms with Crippen LogP contribution in [0.25, 0.3) is 0 Å². The summed E-state index contributed by atoms with van der Waals surface area (Å²) in [4.78, 5) is 0. The molecule has 2 aromatic carbocycles. The van der Waals surface area contributed by atoms with Gasteiger partial charge < -0.3 is 5.32 Å². The fourth-order valence-electron chi connectivity index (χ4n) is 2.17. The van der Waals surface area contributed by atoms with Gasteiger partial charge in [-0.2, -0.15) is 0 Å². The summed E-state index contributed by atoms with van der Waals surface area (Å²) in [6, 6.07) is 5.44. The van der Waals surface area contributed by atoms with Crippen molar-refractivity contribution in [3.8, 4) is 0 Å². The standard InChI is InChI=1S/C16H15F4N/c1-2-5-21-16(10-6-12(18)8-13(19)7-10)14-4-3-11(17)9-15(14)20/h3-4,6-9,16,21H,2,5H2,1H3. The maximum absolute atomic E-state index is 13.9. The Morgan fingerprint density at radius 3 is 2.14 bits per heavy atom. The lowest BCUT2D eigenvalue weighted by Crippen LogP contribution is -2.24. The Labute approximate surface area is 120 Å².